The number of carbonyl (C=O) groups excluding carboxylic acids is 1. The van der Waals surface area contributed by atoms with Crippen LogP contribution in [0.15, 0.2) is 59.5 Å². The number of carboxylic acid groups (broad SMARTS) is 1. The van der Waals surface area contributed by atoms with Crippen LogP contribution in [0.2, 0.25) is 0 Å². The number of rotatable bonds is 8. The van der Waals surface area contributed by atoms with Gasteiger partial charge in [0.15, 0.2) is 5.78 Å². The highest BCUT2D eigenvalue weighted by atomic mass is 32.2. The van der Waals surface area contributed by atoms with Crippen molar-refractivity contribution in [2.45, 2.75) is 18.7 Å². The van der Waals surface area contributed by atoms with Gasteiger partial charge < -0.3 is 5.11 Å². The van der Waals surface area contributed by atoms with Crippen molar-refractivity contribution in [2.24, 2.45) is 0 Å². The third-order valence-corrected chi connectivity index (χ3v) is 6.13. The van der Waals surface area contributed by atoms with Crippen LogP contribution in [0.25, 0.3) is 6.08 Å². The van der Waals surface area contributed by atoms with Crippen LogP contribution in [0.5, 0.6) is 0 Å². The van der Waals surface area contributed by atoms with Crippen LogP contribution in [0.4, 0.5) is 0 Å². The first-order chi connectivity index (χ1) is 12.8. The molecule has 0 saturated heterocycles. The minimum atomic E-state index is -3.55. The van der Waals surface area contributed by atoms with Crippen molar-refractivity contribution >= 4 is 27.9 Å². The zero-order chi connectivity index (χ0) is 20.0. The molecule has 0 aliphatic carbocycles. The van der Waals surface area contributed by atoms with Crippen LogP contribution in [-0.2, 0) is 10.0 Å². The van der Waals surface area contributed by atoms with Crippen LogP contribution < -0.4 is 0 Å². The summed E-state index contributed by atoms with van der Waals surface area (Å²) in [5, 5.41) is 8.87. The molecule has 0 heterocycles. The molecular formula is C20H21NO5S. The molecule has 0 saturated carbocycles. The van der Waals surface area contributed by atoms with E-state index in [2.05, 4.69) is 0 Å². The SMILES string of the molecule is CCN(CC)S(=O)(=O)c1ccc(C(=O)/C=C/c2ccc(C(=O)O)cc2)cc1. The number of benzene rings is 2. The Morgan fingerprint density at radius 2 is 1.44 bits per heavy atom. The van der Waals surface area contributed by atoms with Crippen molar-refractivity contribution < 1.29 is 23.1 Å². The van der Waals surface area contributed by atoms with Gasteiger partial charge >= 0.3 is 5.97 Å². The summed E-state index contributed by atoms with van der Waals surface area (Å²) in [4.78, 5) is 23.2. The molecule has 0 aliphatic heterocycles. The molecule has 27 heavy (non-hydrogen) atoms. The van der Waals surface area contributed by atoms with E-state index in [0.29, 0.717) is 24.2 Å². The molecular weight excluding hydrogens is 366 g/mol. The Balaban J connectivity index is 2.14. The molecule has 0 unspecified atom stereocenters. The van der Waals surface area contributed by atoms with Crippen LogP contribution in [-0.4, -0.2) is 42.7 Å². The first-order valence-electron chi connectivity index (χ1n) is 8.45. The normalized spacial score (nSPS) is 11.8. The molecule has 1 N–H and O–H groups in total. The second-order valence-electron chi connectivity index (χ2n) is 5.74. The number of carboxylic acids is 1. The molecule has 0 amide bonds. The van der Waals surface area contributed by atoms with E-state index in [1.807, 2.05) is 0 Å². The third kappa shape index (κ3) is 4.90. The maximum Gasteiger partial charge on any atom is 0.335 e. The predicted octanol–water partition coefficient (Wildman–Crippen LogP) is 3.31. The van der Waals surface area contributed by atoms with E-state index in [9.17, 15) is 18.0 Å². The quantitative estimate of drug-likeness (QED) is 0.554. The van der Waals surface area contributed by atoms with E-state index in [1.165, 1.54) is 46.8 Å². The van der Waals surface area contributed by atoms with Crippen molar-refractivity contribution in [2.75, 3.05) is 13.1 Å². The predicted molar refractivity (Wildman–Crippen MR) is 103 cm³/mol. The molecule has 0 atom stereocenters. The Bertz CT molecular complexity index is 941. The van der Waals surface area contributed by atoms with E-state index in [1.54, 1.807) is 32.1 Å². The molecule has 7 heteroatoms. The number of carbonyl (C=O) groups is 2. The monoisotopic (exact) mass is 387 g/mol. The van der Waals surface area contributed by atoms with Gasteiger partial charge in [-0.15, -0.1) is 0 Å². The van der Waals surface area contributed by atoms with Crippen molar-refractivity contribution in [3.05, 3.63) is 71.3 Å². The average Bonchev–Trinajstić information content (AvgIpc) is 2.67. The Morgan fingerprint density at radius 1 is 0.926 bits per heavy atom. The Kier molecular flexibility index (Phi) is 6.65. The largest absolute Gasteiger partial charge is 0.478 e. The lowest BCUT2D eigenvalue weighted by Crippen LogP contribution is -2.30. The van der Waals surface area contributed by atoms with Gasteiger partial charge in [0, 0.05) is 18.7 Å². The second kappa shape index (κ2) is 8.75. The van der Waals surface area contributed by atoms with Gasteiger partial charge in [-0.1, -0.05) is 32.1 Å². The first kappa shape index (κ1) is 20.5. The minimum absolute atomic E-state index is 0.149. The number of hydrogen-bond acceptors (Lipinski definition) is 4. The third-order valence-electron chi connectivity index (χ3n) is 4.07. The van der Waals surface area contributed by atoms with Crippen LogP contribution in [0.1, 0.15) is 40.1 Å². The van der Waals surface area contributed by atoms with E-state index in [4.69, 9.17) is 5.11 Å². The summed E-state index contributed by atoms with van der Waals surface area (Å²) >= 11 is 0. The van der Waals surface area contributed by atoms with Gasteiger partial charge in [0.25, 0.3) is 0 Å². The smallest absolute Gasteiger partial charge is 0.335 e. The molecule has 142 valence electrons. The number of nitrogens with zero attached hydrogens (tertiary/aromatic N) is 1. The highest BCUT2D eigenvalue weighted by Crippen LogP contribution is 2.17. The number of aromatic carboxylic acids is 1. The van der Waals surface area contributed by atoms with Gasteiger partial charge in [-0.2, -0.15) is 4.31 Å². The van der Waals surface area contributed by atoms with Gasteiger partial charge in [0.1, 0.15) is 0 Å². The van der Waals surface area contributed by atoms with E-state index >= 15 is 0 Å². The molecule has 0 fully saturated rings. The van der Waals surface area contributed by atoms with Gasteiger partial charge in [-0.05, 0) is 48.0 Å². The van der Waals surface area contributed by atoms with Gasteiger partial charge in [0.2, 0.25) is 10.0 Å². The van der Waals surface area contributed by atoms with E-state index in [0.717, 1.165) is 0 Å². The lowest BCUT2D eigenvalue weighted by molar-refractivity contribution is 0.0696. The molecule has 0 radical (unpaired) electrons. The summed E-state index contributed by atoms with van der Waals surface area (Å²) in [5.74, 6) is -1.29. The van der Waals surface area contributed by atoms with Crippen LogP contribution in [0, 0.1) is 0 Å². The lowest BCUT2D eigenvalue weighted by atomic mass is 10.1. The maximum atomic E-state index is 12.4. The lowest BCUT2D eigenvalue weighted by Gasteiger charge is -2.18. The second-order valence-corrected chi connectivity index (χ2v) is 7.68. The van der Waals surface area contributed by atoms with Gasteiger partial charge in [-0.25, -0.2) is 13.2 Å². The number of allylic oxidation sites excluding steroid dienone is 1. The van der Waals surface area contributed by atoms with Gasteiger partial charge in [-0.3, -0.25) is 4.79 Å². The zero-order valence-corrected chi connectivity index (χ0v) is 15.9. The van der Waals surface area contributed by atoms with Crippen molar-refractivity contribution in [1.82, 2.24) is 4.31 Å². The molecule has 2 aromatic rings. The summed E-state index contributed by atoms with van der Waals surface area (Å²) in [7, 11) is -3.55. The fraction of sp³-hybridized carbons (Fsp3) is 0.200. The molecule has 0 bridgehead atoms. The summed E-state index contributed by atoms with van der Waals surface area (Å²) < 4.78 is 26.2. The zero-order valence-electron chi connectivity index (χ0n) is 15.1. The van der Waals surface area contributed by atoms with Gasteiger partial charge in [0.05, 0.1) is 10.5 Å². The highest BCUT2D eigenvalue weighted by molar-refractivity contribution is 7.89. The highest BCUT2D eigenvalue weighted by Gasteiger charge is 2.21. The van der Waals surface area contributed by atoms with Crippen molar-refractivity contribution in [3.63, 3.8) is 0 Å². The Hall–Kier alpha value is -2.77. The fourth-order valence-corrected chi connectivity index (χ4v) is 3.97. The summed E-state index contributed by atoms with van der Waals surface area (Å²) in [6.07, 6.45) is 2.94. The number of ketones is 1. The Labute approximate surface area is 158 Å². The summed E-state index contributed by atoms with van der Waals surface area (Å²) in [6.45, 7) is 4.30. The summed E-state index contributed by atoms with van der Waals surface area (Å²) in [6, 6.07) is 11.9. The molecule has 0 spiro atoms. The van der Waals surface area contributed by atoms with Crippen LogP contribution in [0.3, 0.4) is 0 Å². The minimum Gasteiger partial charge on any atom is -0.478 e. The molecule has 2 rings (SSSR count). The van der Waals surface area contributed by atoms with Crippen molar-refractivity contribution in [1.29, 1.82) is 0 Å². The first-order valence-corrected chi connectivity index (χ1v) is 9.89. The molecule has 0 aromatic heterocycles. The standard InChI is InChI=1S/C20H21NO5S/c1-3-21(4-2)27(25,26)18-12-10-16(11-13-18)19(22)14-7-15-5-8-17(9-6-15)20(23)24/h5-14H,3-4H2,1-2H3,(H,23,24)/b14-7+. The fourth-order valence-electron chi connectivity index (χ4n) is 2.51. The maximum absolute atomic E-state index is 12.4. The average molecular weight is 387 g/mol. The van der Waals surface area contributed by atoms with E-state index in [-0.39, 0.29) is 16.2 Å². The molecule has 0 aliphatic rings. The molecule has 6 nitrogen and oxygen atoms in total. The Morgan fingerprint density at radius 3 is 1.93 bits per heavy atom. The number of sulfonamides is 1. The number of hydrogen-bond donors (Lipinski definition) is 1. The van der Waals surface area contributed by atoms with E-state index < -0.39 is 16.0 Å². The summed E-state index contributed by atoms with van der Waals surface area (Å²) in [5.41, 5.74) is 1.23. The van der Waals surface area contributed by atoms with Crippen molar-refractivity contribution in [3.8, 4) is 0 Å². The molecule has 2 aromatic carbocycles. The van der Waals surface area contributed by atoms with Crippen LogP contribution >= 0.6 is 0 Å². The topological polar surface area (TPSA) is 91.8 Å².